The summed E-state index contributed by atoms with van der Waals surface area (Å²) in [5.74, 6) is 0.500. The van der Waals surface area contributed by atoms with Gasteiger partial charge in [-0.2, -0.15) is 13.2 Å². The molecular weight excluding hydrogens is 227 g/mol. The first-order valence-electron chi connectivity index (χ1n) is 6.00. The van der Waals surface area contributed by atoms with E-state index in [1.165, 1.54) is 5.57 Å². The Labute approximate surface area is 99.8 Å². The summed E-state index contributed by atoms with van der Waals surface area (Å²) >= 11 is 0. The summed E-state index contributed by atoms with van der Waals surface area (Å²) in [4.78, 5) is 0. The fourth-order valence-electron chi connectivity index (χ4n) is 2.19. The molecule has 1 saturated carbocycles. The van der Waals surface area contributed by atoms with E-state index >= 15 is 0 Å². The predicted molar refractivity (Wildman–Crippen MR) is 61.6 cm³/mol. The van der Waals surface area contributed by atoms with Crippen LogP contribution < -0.4 is 5.32 Å². The summed E-state index contributed by atoms with van der Waals surface area (Å²) in [6.45, 7) is 5.48. The normalized spacial score (nSPS) is 25.7. The van der Waals surface area contributed by atoms with E-state index in [-0.39, 0.29) is 12.8 Å². The molecule has 17 heavy (non-hydrogen) atoms. The average molecular weight is 245 g/mol. The number of hydrogen-bond donors (Lipinski definition) is 1. The zero-order valence-corrected chi connectivity index (χ0v) is 10.2. The second-order valence-corrected chi connectivity index (χ2v) is 5.20. The van der Waals surface area contributed by atoms with Gasteiger partial charge in [0.25, 0.3) is 0 Å². The first kappa shape index (κ1) is 12.7. The third-order valence-corrected chi connectivity index (χ3v) is 4.07. The molecule has 0 aromatic carbocycles. The van der Waals surface area contributed by atoms with Crippen LogP contribution in [-0.4, -0.2) is 19.3 Å². The Hall–Kier alpha value is -0.770. The van der Waals surface area contributed by atoms with Crippen molar-refractivity contribution in [2.45, 2.75) is 32.9 Å². The minimum atomic E-state index is -4.09. The Morgan fingerprint density at radius 3 is 2.12 bits per heavy atom. The van der Waals surface area contributed by atoms with Gasteiger partial charge in [-0.25, -0.2) is 0 Å². The van der Waals surface area contributed by atoms with E-state index in [9.17, 15) is 13.2 Å². The van der Waals surface area contributed by atoms with Crippen molar-refractivity contribution in [3.63, 3.8) is 0 Å². The molecule has 2 fully saturated rings. The highest BCUT2D eigenvalue weighted by molar-refractivity contribution is 5.29. The maximum Gasteiger partial charge on any atom is 0.398 e. The molecule has 1 nitrogen and oxygen atoms in total. The van der Waals surface area contributed by atoms with Gasteiger partial charge in [0.2, 0.25) is 0 Å². The largest absolute Gasteiger partial charge is 0.398 e. The molecule has 1 saturated heterocycles. The Kier molecular flexibility index (Phi) is 3.10. The highest BCUT2D eigenvalue weighted by atomic mass is 19.4. The lowest BCUT2D eigenvalue weighted by Gasteiger charge is -2.28. The molecule has 1 aliphatic heterocycles. The van der Waals surface area contributed by atoms with Crippen LogP contribution in [0, 0.1) is 11.3 Å². The van der Waals surface area contributed by atoms with Crippen molar-refractivity contribution < 1.29 is 13.2 Å². The van der Waals surface area contributed by atoms with Gasteiger partial charge in [-0.05, 0) is 26.7 Å². The zero-order chi connectivity index (χ0) is 12.7. The fourth-order valence-corrected chi connectivity index (χ4v) is 2.19. The van der Waals surface area contributed by atoms with Gasteiger partial charge < -0.3 is 5.32 Å². The van der Waals surface area contributed by atoms with Gasteiger partial charge in [-0.1, -0.05) is 23.3 Å². The summed E-state index contributed by atoms with van der Waals surface area (Å²) in [5.41, 5.74) is 0.111. The number of allylic oxidation sites excluding steroid dienone is 3. The lowest BCUT2D eigenvalue weighted by Crippen LogP contribution is -2.42. The molecule has 0 aromatic heterocycles. The van der Waals surface area contributed by atoms with E-state index in [1.807, 2.05) is 13.0 Å². The first-order valence-corrected chi connectivity index (χ1v) is 6.00. The lowest BCUT2D eigenvalue weighted by molar-refractivity contribution is -0.175. The van der Waals surface area contributed by atoms with Crippen LogP contribution in [-0.2, 0) is 0 Å². The van der Waals surface area contributed by atoms with Gasteiger partial charge in [0, 0.05) is 19.0 Å². The summed E-state index contributed by atoms with van der Waals surface area (Å²) < 4.78 is 38.5. The predicted octanol–water partition coefficient (Wildman–Crippen LogP) is 3.44. The summed E-state index contributed by atoms with van der Waals surface area (Å²) in [7, 11) is 0. The standard InChI is InChI=1S/C13H18F3N/c1-9(11-7-17-8-11)3-4-10(2)12(5-6-12)13(14,15)16/h3-4,11,17H,5-8H2,1-2H3/b9-3+,10-4+. The second-order valence-electron chi connectivity index (χ2n) is 5.20. The molecule has 2 aliphatic rings. The molecule has 96 valence electrons. The number of rotatable bonds is 3. The highest BCUT2D eigenvalue weighted by Crippen LogP contribution is 2.62. The molecule has 0 bridgehead atoms. The maximum atomic E-state index is 12.8. The molecule has 4 heteroatoms. The summed E-state index contributed by atoms with van der Waals surface area (Å²) in [5, 5.41) is 3.16. The van der Waals surface area contributed by atoms with Crippen LogP contribution in [0.2, 0.25) is 0 Å². The van der Waals surface area contributed by atoms with Crippen molar-refractivity contribution in [3.8, 4) is 0 Å². The zero-order valence-electron chi connectivity index (χ0n) is 10.2. The molecule has 1 aliphatic carbocycles. The van der Waals surface area contributed by atoms with Gasteiger partial charge in [-0.3, -0.25) is 0 Å². The molecule has 0 unspecified atom stereocenters. The van der Waals surface area contributed by atoms with E-state index < -0.39 is 11.6 Å². The topological polar surface area (TPSA) is 12.0 Å². The van der Waals surface area contributed by atoms with Crippen LogP contribution >= 0.6 is 0 Å². The van der Waals surface area contributed by atoms with Crippen molar-refractivity contribution in [2.75, 3.05) is 13.1 Å². The highest BCUT2D eigenvalue weighted by Gasteiger charge is 2.63. The Morgan fingerprint density at radius 1 is 1.18 bits per heavy atom. The van der Waals surface area contributed by atoms with Crippen molar-refractivity contribution in [1.82, 2.24) is 5.32 Å². The van der Waals surface area contributed by atoms with Gasteiger partial charge in [0.1, 0.15) is 0 Å². The van der Waals surface area contributed by atoms with Crippen molar-refractivity contribution >= 4 is 0 Å². The van der Waals surface area contributed by atoms with Crippen molar-refractivity contribution in [1.29, 1.82) is 0 Å². The van der Waals surface area contributed by atoms with Crippen LogP contribution in [0.4, 0.5) is 13.2 Å². The van der Waals surface area contributed by atoms with E-state index in [2.05, 4.69) is 5.32 Å². The lowest BCUT2D eigenvalue weighted by atomic mass is 9.92. The van der Waals surface area contributed by atoms with Crippen LogP contribution in [0.1, 0.15) is 26.7 Å². The Morgan fingerprint density at radius 2 is 1.76 bits per heavy atom. The molecule has 0 radical (unpaired) electrons. The van der Waals surface area contributed by atoms with E-state index in [0.29, 0.717) is 11.5 Å². The van der Waals surface area contributed by atoms with Gasteiger partial charge >= 0.3 is 6.18 Å². The molecule has 0 amide bonds. The fraction of sp³-hybridized carbons (Fsp3) is 0.692. The number of halogens is 3. The van der Waals surface area contributed by atoms with Gasteiger partial charge in [0.05, 0.1) is 5.41 Å². The van der Waals surface area contributed by atoms with Crippen LogP contribution in [0.5, 0.6) is 0 Å². The quantitative estimate of drug-likeness (QED) is 0.751. The number of alkyl halides is 3. The van der Waals surface area contributed by atoms with E-state index in [4.69, 9.17) is 0 Å². The minimum absolute atomic E-state index is 0.247. The van der Waals surface area contributed by atoms with Gasteiger partial charge in [-0.15, -0.1) is 0 Å². The summed E-state index contributed by atoms with van der Waals surface area (Å²) in [6, 6.07) is 0. The minimum Gasteiger partial charge on any atom is -0.315 e. The third kappa shape index (κ3) is 2.28. The van der Waals surface area contributed by atoms with Crippen LogP contribution in [0.25, 0.3) is 0 Å². The van der Waals surface area contributed by atoms with Crippen LogP contribution in [0.3, 0.4) is 0 Å². The number of hydrogen-bond acceptors (Lipinski definition) is 1. The Bertz CT molecular complexity index is 357. The molecule has 0 spiro atoms. The van der Waals surface area contributed by atoms with E-state index in [0.717, 1.165) is 13.1 Å². The van der Waals surface area contributed by atoms with Crippen LogP contribution in [0.15, 0.2) is 23.3 Å². The molecule has 1 N–H and O–H groups in total. The van der Waals surface area contributed by atoms with Crippen molar-refractivity contribution in [2.24, 2.45) is 11.3 Å². The smallest absolute Gasteiger partial charge is 0.315 e. The molecular formula is C13H18F3N. The van der Waals surface area contributed by atoms with Gasteiger partial charge in [0.15, 0.2) is 0 Å². The summed E-state index contributed by atoms with van der Waals surface area (Å²) in [6.07, 6.45) is -0.0818. The van der Waals surface area contributed by atoms with E-state index in [1.54, 1.807) is 13.0 Å². The molecule has 1 heterocycles. The molecule has 2 rings (SSSR count). The Balaban J connectivity index is 2.07. The maximum absolute atomic E-state index is 12.8. The number of nitrogens with one attached hydrogen (secondary N) is 1. The average Bonchev–Trinajstić information content (AvgIpc) is 2.90. The first-order chi connectivity index (χ1) is 7.87. The third-order valence-electron chi connectivity index (χ3n) is 4.07. The molecule has 0 atom stereocenters. The second kappa shape index (κ2) is 4.16. The van der Waals surface area contributed by atoms with Crippen molar-refractivity contribution in [3.05, 3.63) is 23.3 Å². The molecule has 0 aromatic rings. The SMILES string of the molecule is C/C(=C\C=C(/C)C1(C(F)(F)F)CC1)C1CNC1. The monoisotopic (exact) mass is 245 g/mol.